The lowest BCUT2D eigenvalue weighted by molar-refractivity contribution is 0.879. The maximum absolute atomic E-state index is 4.81. The molecule has 0 aliphatic carbocycles. The molecular formula is C48H35N5. The Balaban J connectivity index is 1.09. The third-order valence-electron chi connectivity index (χ3n) is 9.53. The zero-order valence-corrected chi connectivity index (χ0v) is 28.9. The van der Waals surface area contributed by atoms with Crippen LogP contribution in [0.1, 0.15) is 0 Å². The lowest BCUT2D eigenvalue weighted by atomic mass is 9.99. The molecule has 0 radical (unpaired) electrons. The van der Waals surface area contributed by atoms with Crippen LogP contribution in [-0.2, 0) is 0 Å². The predicted molar refractivity (Wildman–Crippen MR) is 217 cm³/mol. The number of nitrogens with zero attached hydrogens (tertiary/aromatic N) is 5. The summed E-state index contributed by atoms with van der Waals surface area (Å²) in [5, 5.41) is 9.42. The van der Waals surface area contributed by atoms with E-state index in [1.807, 2.05) is 46.2 Å². The maximum atomic E-state index is 4.81. The summed E-state index contributed by atoms with van der Waals surface area (Å²) in [6.45, 7) is 0. The third-order valence-corrected chi connectivity index (χ3v) is 9.53. The van der Waals surface area contributed by atoms with Gasteiger partial charge in [0.1, 0.15) is 0 Å². The zero-order valence-electron chi connectivity index (χ0n) is 28.9. The first-order chi connectivity index (χ1) is 26.2. The van der Waals surface area contributed by atoms with Crippen LogP contribution < -0.4 is 4.90 Å². The van der Waals surface area contributed by atoms with Gasteiger partial charge in [-0.05, 0) is 93.5 Å². The highest BCUT2D eigenvalue weighted by Crippen LogP contribution is 2.39. The van der Waals surface area contributed by atoms with E-state index in [9.17, 15) is 0 Å². The van der Waals surface area contributed by atoms with Gasteiger partial charge in [0.15, 0.2) is 0 Å². The van der Waals surface area contributed by atoms with Crippen molar-refractivity contribution in [3.05, 3.63) is 213 Å². The molecule has 0 spiro atoms. The summed E-state index contributed by atoms with van der Waals surface area (Å²) in [6.07, 6.45) is 7.83. The van der Waals surface area contributed by atoms with Crippen molar-refractivity contribution in [2.24, 2.45) is 0 Å². The normalized spacial score (nSPS) is 11.0. The minimum Gasteiger partial charge on any atom is -0.310 e. The van der Waals surface area contributed by atoms with Crippen molar-refractivity contribution in [1.29, 1.82) is 0 Å². The molecular weight excluding hydrogens is 647 g/mol. The molecule has 0 fully saturated rings. The van der Waals surface area contributed by atoms with Crippen molar-refractivity contribution in [2.75, 3.05) is 4.90 Å². The molecule has 0 bridgehead atoms. The Morgan fingerprint density at radius 1 is 0.340 bits per heavy atom. The molecule has 9 aromatic rings. The van der Waals surface area contributed by atoms with E-state index in [0.29, 0.717) is 0 Å². The molecule has 0 unspecified atom stereocenters. The molecule has 5 heteroatoms. The molecule has 0 atom stereocenters. The molecule has 0 N–H and O–H groups in total. The number of rotatable bonds is 9. The summed E-state index contributed by atoms with van der Waals surface area (Å²) in [5.74, 6) is 0. The summed E-state index contributed by atoms with van der Waals surface area (Å²) < 4.78 is 3.87. The lowest BCUT2D eigenvalue weighted by Crippen LogP contribution is -2.11. The molecule has 2 aromatic heterocycles. The van der Waals surface area contributed by atoms with Gasteiger partial charge in [-0.2, -0.15) is 10.2 Å². The molecule has 252 valence electrons. The maximum Gasteiger partial charge on any atom is 0.0672 e. The van der Waals surface area contributed by atoms with Gasteiger partial charge in [-0.15, -0.1) is 0 Å². The van der Waals surface area contributed by atoms with Gasteiger partial charge < -0.3 is 4.90 Å². The minimum atomic E-state index is 0.968. The van der Waals surface area contributed by atoms with Crippen LogP contribution in [0.4, 0.5) is 17.1 Å². The van der Waals surface area contributed by atoms with Crippen molar-refractivity contribution in [3.8, 4) is 55.9 Å². The molecule has 0 saturated carbocycles. The van der Waals surface area contributed by atoms with Gasteiger partial charge in [-0.1, -0.05) is 133 Å². The average Bonchev–Trinajstić information content (AvgIpc) is 3.97. The summed E-state index contributed by atoms with van der Waals surface area (Å²) in [7, 11) is 0. The number of hydrogen-bond donors (Lipinski definition) is 0. The van der Waals surface area contributed by atoms with Crippen LogP contribution >= 0.6 is 0 Å². The first-order valence-corrected chi connectivity index (χ1v) is 17.7. The van der Waals surface area contributed by atoms with Gasteiger partial charge in [0.05, 0.1) is 17.6 Å². The molecule has 53 heavy (non-hydrogen) atoms. The van der Waals surface area contributed by atoms with E-state index in [1.54, 1.807) is 0 Å². The Bertz CT molecular complexity index is 2580. The van der Waals surface area contributed by atoms with Crippen molar-refractivity contribution in [3.63, 3.8) is 0 Å². The molecule has 9 rings (SSSR count). The van der Waals surface area contributed by atoms with Gasteiger partial charge in [-0.3, -0.25) is 0 Å². The van der Waals surface area contributed by atoms with Gasteiger partial charge in [0.2, 0.25) is 0 Å². The predicted octanol–water partition coefficient (Wildman–Crippen LogP) is 12.2. The molecule has 0 saturated heterocycles. The Kier molecular flexibility index (Phi) is 8.48. The number of para-hydroxylation sites is 1. The molecule has 0 amide bonds. The smallest absolute Gasteiger partial charge is 0.0672 e. The quantitative estimate of drug-likeness (QED) is 0.152. The van der Waals surface area contributed by atoms with Crippen LogP contribution in [0.25, 0.3) is 55.9 Å². The van der Waals surface area contributed by atoms with Gasteiger partial charge >= 0.3 is 0 Å². The largest absolute Gasteiger partial charge is 0.310 e. The third kappa shape index (κ3) is 6.67. The van der Waals surface area contributed by atoms with Crippen molar-refractivity contribution in [2.45, 2.75) is 0 Å². The SMILES string of the molecule is c1ccc(-c2ccc(-c3cc(N(c4ccccc4)c4cccc(-n5cc(-c6ccc(-c7ccccc7)cc6)cn5)c4)cc(-n4cccn4)c3)cc2)cc1. The fourth-order valence-electron chi connectivity index (χ4n) is 6.83. The topological polar surface area (TPSA) is 38.9 Å². The summed E-state index contributed by atoms with van der Waals surface area (Å²) >= 11 is 0. The van der Waals surface area contributed by atoms with E-state index >= 15 is 0 Å². The summed E-state index contributed by atoms with van der Waals surface area (Å²) in [4.78, 5) is 2.30. The lowest BCUT2D eigenvalue weighted by Gasteiger charge is -2.27. The van der Waals surface area contributed by atoms with E-state index in [0.717, 1.165) is 50.7 Å². The highest BCUT2D eigenvalue weighted by atomic mass is 15.3. The standard InChI is InChI=1S/C48H35N5/c1-4-12-36(13-5-1)38-20-24-40(25-21-38)42-30-47(51-29-11-28-49-51)33-48(31-42)53(44-16-8-3-9-17-44)46-19-10-18-45(32-46)52-35-43(34-50-52)41-26-22-39(23-27-41)37-14-6-2-7-15-37/h1-35H. The average molecular weight is 682 g/mol. The number of hydrogen-bond acceptors (Lipinski definition) is 3. The fraction of sp³-hybridized carbons (Fsp3) is 0. The van der Waals surface area contributed by atoms with Crippen LogP contribution in [0.5, 0.6) is 0 Å². The van der Waals surface area contributed by atoms with E-state index in [-0.39, 0.29) is 0 Å². The Morgan fingerprint density at radius 2 is 0.868 bits per heavy atom. The van der Waals surface area contributed by atoms with Crippen LogP contribution in [0, 0.1) is 0 Å². The molecule has 0 aliphatic heterocycles. The number of benzene rings is 7. The second-order valence-corrected chi connectivity index (χ2v) is 12.9. The van der Waals surface area contributed by atoms with Crippen LogP contribution in [-0.4, -0.2) is 19.6 Å². The van der Waals surface area contributed by atoms with Gasteiger partial charge in [0.25, 0.3) is 0 Å². The number of aromatic nitrogens is 4. The molecule has 7 aromatic carbocycles. The second kappa shape index (κ2) is 14.2. The highest BCUT2D eigenvalue weighted by Gasteiger charge is 2.17. The van der Waals surface area contributed by atoms with Crippen LogP contribution in [0.3, 0.4) is 0 Å². The van der Waals surface area contributed by atoms with Gasteiger partial charge in [-0.25, -0.2) is 9.36 Å². The molecule has 5 nitrogen and oxygen atoms in total. The zero-order chi connectivity index (χ0) is 35.4. The van der Waals surface area contributed by atoms with E-state index in [2.05, 4.69) is 186 Å². The van der Waals surface area contributed by atoms with Crippen molar-refractivity contribution < 1.29 is 0 Å². The van der Waals surface area contributed by atoms with E-state index < -0.39 is 0 Å². The van der Waals surface area contributed by atoms with Crippen molar-refractivity contribution in [1.82, 2.24) is 19.6 Å². The Hall–Kier alpha value is -7.24. The summed E-state index contributed by atoms with van der Waals surface area (Å²) in [5.41, 5.74) is 14.2. The molecule has 0 aliphatic rings. The highest BCUT2D eigenvalue weighted by molar-refractivity contribution is 5.83. The van der Waals surface area contributed by atoms with E-state index in [4.69, 9.17) is 5.10 Å². The van der Waals surface area contributed by atoms with Crippen molar-refractivity contribution >= 4 is 17.1 Å². The Morgan fingerprint density at radius 3 is 1.47 bits per heavy atom. The first-order valence-electron chi connectivity index (χ1n) is 17.7. The second-order valence-electron chi connectivity index (χ2n) is 12.9. The monoisotopic (exact) mass is 681 g/mol. The van der Waals surface area contributed by atoms with E-state index in [1.165, 1.54) is 22.3 Å². The summed E-state index contributed by atoms with van der Waals surface area (Å²) in [6, 6.07) is 66.0. The first kappa shape index (κ1) is 31.7. The van der Waals surface area contributed by atoms with Crippen LogP contribution in [0.15, 0.2) is 213 Å². The van der Waals surface area contributed by atoms with Gasteiger partial charge in [0, 0.05) is 41.2 Å². The minimum absolute atomic E-state index is 0.968. The fourth-order valence-corrected chi connectivity index (χ4v) is 6.83. The van der Waals surface area contributed by atoms with Crippen LogP contribution in [0.2, 0.25) is 0 Å². The molecule has 2 heterocycles. The Labute approximate surface area is 309 Å². The number of anilines is 3.